The van der Waals surface area contributed by atoms with Crippen LogP contribution >= 0.6 is 0 Å². The number of rotatable bonds is 10. The van der Waals surface area contributed by atoms with E-state index in [1.54, 1.807) is 40.6 Å². The summed E-state index contributed by atoms with van der Waals surface area (Å²) in [4.78, 5) is 69.7. The zero-order valence-corrected chi connectivity index (χ0v) is 32.7. The van der Waals surface area contributed by atoms with E-state index in [0.29, 0.717) is 54.8 Å². The number of imide groups is 1. The fourth-order valence-electron chi connectivity index (χ4n) is 9.56. The van der Waals surface area contributed by atoms with Gasteiger partial charge in [0.05, 0.1) is 34.3 Å². The molecule has 9 rings (SSSR count). The van der Waals surface area contributed by atoms with Crippen LogP contribution in [-0.4, -0.2) is 84.7 Å². The van der Waals surface area contributed by atoms with Gasteiger partial charge in [-0.25, -0.2) is 4.79 Å². The zero-order valence-electron chi connectivity index (χ0n) is 32.7. The van der Waals surface area contributed by atoms with E-state index in [1.807, 2.05) is 24.3 Å². The maximum Gasteiger partial charge on any atom is 0.329 e. The minimum Gasteiger partial charge on any atom is -0.489 e. The number of anilines is 1. The normalized spacial score (nSPS) is 23.3. The summed E-state index contributed by atoms with van der Waals surface area (Å²) >= 11 is 0. The predicted octanol–water partition coefficient (Wildman–Crippen LogP) is 4.58. The molecule has 1 unspecified atom stereocenters. The van der Waals surface area contributed by atoms with Gasteiger partial charge in [0.15, 0.2) is 0 Å². The van der Waals surface area contributed by atoms with Crippen LogP contribution in [0, 0.1) is 5.92 Å². The van der Waals surface area contributed by atoms with E-state index >= 15 is 0 Å². The second-order valence-electron chi connectivity index (χ2n) is 16.4. The monoisotopic (exact) mass is 787 g/mol. The summed E-state index contributed by atoms with van der Waals surface area (Å²) in [6.07, 6.45) is 11.7. The maximum atomic E-state index is 13.5. The van der Waals surface area contributed by atoms with Crippen LogP contribution in [0.5, 0.6) is 5.75 Å². The van der Waals surface area contributed by atoms with Crippen molar-refractivity contribution in [1.82, 2.24) is 39.4 Å². The van der Waals surface area contributed by atoms with Crippen LogP contribution in [-0.2, 0) is 21.4 Å². The van der Waals surface area contributed by atoms with Crippen LogP contribution in [0.2, 0.25) is 0 Å². The minimum atomic E-state index is -0.690. The number of likely N-dealkylation sites (tertiary alicyclic amines) is 1. The SMILES string of the molecule is Cn1c(=O)n(C2CCC(=O)NC2=O)c2cccc(C3CCN(CC4CCC(n5cc6cc(NC(=O)c7ccccn7)c(OC[C@H]7CCC(=O)N7)cc6n5)CC4)CC3)c21. The lowest BCUT2D eigenvalue weighted by molar-refractivity contribution is -0.135. The standard InChI is InChI=1S/C43H49N9O6/c1-49-40-31(5-4-7-35(40)52(43(49)57)36-13-15-39(54)47-42(36)56)27-16-19-50(20-17-27)23-26-8-11-30(12-9-26)51-24-28-21-34(46-41(55)32-6-2-3-18-44-32)37(22-33(28)48-51)58-25-29-10-14-38(53)45-29/h2-7,18,21-22,24,26-27,29-30,36H,8-17,19-20,23,25H2,1H3,(H,45,53)(H,46,55)(H,47,54,56)/t26?,29-,30?,36?/m1/s1. The molecule has 2 aromatic carbocycles. The van der Waals surface area contributed by atoms with Gasteiger partial charge in [-0.2, -0.15) is 5.10 Å². The van der Waals surface area contributed by atoms with Crippen LogP contribution in [0.25, 0.3) is 21.9 Å². The Morgan fingerprint density at radius 1 is 0.914 bits per heavy atom. The summed E-state index contributed by atoms with van der Waals surface area (Å²) in [6, 6.07) is 14.5. The van der Waals surface area contributed by atoms with Crippen molar-refractivity contribution in [3.05, 3.63) is 82.7 Å². The summed E-state index contributed by atoms with van der Waals surface area (Å²) in [5, 5.41) is 14.2. The molecule has 3 aliphatic heterocycles. The lowest BCUT2D eigenvalue weighted by Gasteiger charge is -2.37. The van der Waals surface area contributed by atoms with E-state index in [2.05, 4.69) is 42.8 Å². The Balaban J connectivity index is 0.827. The first-order chi connectivity index (χ1) is 28.2. The maximum absolute atomic E-state index is 13.5. The third-order valence-corrected chi connectivity index (χ3v) is 12.7. The molecule has 4 fully saturated rings. The molecule has 4 aliphatic rings. The van der Waals surface area contributed by atoms with Crippen LogP contribution in [0.3, 0.4) is 0 Å². The second-order valence-corrected chi connectivity index (χ2v) is 16.4. The number of benzene rings is 2. The third kappa shape index (κ3) is 7.50. The number of carbonyl (C=O) groups excluding carboxylic acids is 4. The van der Waals surface area contributed by atoms with Crippen LogP contribution in [0.4, 0.5) is 5.69 Å². The molecular formula is C43H49N9O6. The summed E-state index contributed by atoms with van der Waals surface area (Å²) in [7, 11) is 1.78. The molecule has 302 valence electrons. The van der Waals surface area contributed by atoms with Crippen molar-refractivity contribution in [2.24, 2.45) is 13.0 Å². The number of aromatic nitrogens is 5. The number of amides is 4. The number of para-hydroxylation sites is 1. The van der Waals surface area contributed by atoms with E-state index in [1.165, 1.54) is 0 Å². The number of nitrogens with one attached hydrogen (secondary N) is 3. The molecule has 15 heteroatoms. The van der Waals surface area contributed by atoms with Crippen molar-refractivity contribution in [3.63, 3.8) is 0 Å². The van der Waals surface area contributed by atoms with Crippen molar-refractivity contribution in [3.8, 4) is 5.75 Å². The first kappa shape index (κ1) is 37.7. The van der Waals surface area contributed by atoms with Gasteiger partial charge in [0.2, 0.25) is 17.7 Å². The Labute approximate surface area is 335 Å². The highest BCUT2D eigenvalue weighted by Crippen LogP contribution is 2.38. The molecule has 15 nitrogen and oxygen atoms in total. The molecule has 0 bridgehead atoms. The van der Waals surface area contributed by atoms with Crippen molar-refractivity contribution in [2.45, 2.75) is 88.3 Å². The highest BCUT2D eigenvalue weighted by atomic mass is 16.5. The Morgan fingerprint density at radius 2 is 1.72 bits per heavy atom. The number of hydrogen-bond donors (Lipinski definition) is 3. The molecule has 2 atom stereocenters. The Hall–Kier alpha value is -5.83. The third-order valence-electron chi connectivity index (χ3n) is 12.7. The number of carbonyl (C=O) groups is 4. The fourth-order valence-corrected chi connectivity index (χ4v) is 9.56. The summed E-state index contributed by atoms with van der Waals surface area (Å²) < 4.78 is 11.5. The van der Waals surface area contributed by atoms with E-state index in [0.717, 1.165) is 85.7 Å². The molecule has 5 aromatic rings. The van der Waals surface area contributed by atoms with Crippen LogP contribution in [0.15, 0.2) is 65.7 Å². The van der Waals surface area contributed by atoms with Gasteiger partial charge in [0.1, 0.15) is 24.1 Å². The number of aryl methyl sites for hydroxylation is 1. The van der Waals surface area contributed by atoms with Crippen LogP contribution < -0.4 is 26.4 Å². The summed E-state index contributed by atoms with van der Waals surface area (Å²) in [5.41, 5.74) is 4.18. The van der Waals surface area contributed by atoms with Crippen molar-refractivity contribution >= 4 is 51.3 Å². The molecule has 3 aromatic heterocycles. The summed E-state index contributed by atoms with van der Waals surface area (Å²) in [6.45, 7) is 3.34. The van der Waals surface area contributed by atoms with Gasteiger partial charge in [0.25, 0.3) is 5.91 Å². The number of hydrogen-bond acceptors (Lipinski definition) is 9. The molecule has 1 aliphatic carbocycles. The Bertz CT molecular complexity index is 2440. The zero-order chi connectivity index (χ0) is 39.9. The molecule has 4 amide bonds. The number of imidazole rings is 1. The van der Waals surface area contributed by atoms with E-state index < -0.39 is 11.9 Å². The average Bonchev–Trinajstić information content (AvgIpc) is 3.92. The van der Waals surface area contributed by atoms with Gasteiger partial charge in [-0.3, -0.25) is 43.3 Å². The average molecular weight is 788 g/mol. The fraction of sp³-hybridized carbons (Fsp3) is 0.465. The van der Waals surface area contributed by atoms with Crippen molar-refractivity contribution < 1.29 is 23.9 Å². The summed E-state index contributed by atoms with van der Waals surface area (Å²) in [5.74, 6) is 0.398. The molecule has 3 N–H and O–H groups in total. The van der Waals surface area contributed by atoms with Gasteiger partial charge < -0.3 is 20.3 Å². The predicted molar refractivity (Wildman–Crippen MR) is 217 cm³/mol. The molecule has 1 saturated carbocycles. The van der Waals surface area contributed by atoms with Gasteiger partial charge in [-0.15, -0.1) is 0 Å². The Kier molecular flexibility index (Phi) is 10.3. The number of nitrogens with zero attached hydrogens (tertiary/aromatic N) is 6. The first-order valence-electron chi connectivity index (χ1n) is 20.6. The van der Waals surface area contributed by atoms with Crippen LogP contribution in [0.1, 0.15) is 98.3 Å². The van der Waals surface area contributed by atoms with Crippen molar-refractivity contribution in [1.29, 1.82) is 0 Å². The van der Waals surface area contributed by atoms with Gasteiger partial charge in [0, 0.05) is 50.3 Å². The highest BCUT2D eigenvalue weighted by molar-refractivity contribution is 6.05. The lowest BCUT2D eigenvalue weighted by atomic mass is 9.84. The molecule has 0 spiro atoms. The van der Waals surface area contributed by atoms with Gasteiger partial charge in [-0.05, 0) is 106 Å². The molecule has 3 saturated heterocycles. The highest BCUT2D eigenvalue weighted by Gasteiger charge is 2.33. The largest absolute Gasteiger partial charge is 0.489 e. The minimum absolute atomic E-state index is 0.0206. The second kappa shape index (κ2) is 15.8. The van der Waals surface area contributed by atoms with Gasteiger partial charge in [-0.1, -0.05) is 18.2 Å². The number of ether oxygens (including phenoxy) is 1. The lowest BCUT2D eigenvalue weighted by Crippen LogP contribution is -2.44. The number of pyridine rings is 1. The molecular weight excluding hydrogens is 739 g/mol. The van der Waals surface area contributed by atoms with E-state index in [-0.39, 0.29) is 41.9 Å². The molecule has 6 heterocycles. The first-order valence-corrected chi connectivity index (χ1v) is 20.6. The van der Waals surface area contributed by atoms with E-state index in [4.69, 9.17) is 9.84 Å². The number of fused-ring (bicyclic) bond motifs is 2. The Morgan fingerprint density at radius 3 is 2.47 bits per heavy atom. The smallest absolute Gasteiger partial charge is 0.329 e. The quantitative estimate of drug-likeness (QED) is 0.171. The van der Waals surface area contributed by atoms with Gasteiger partial charge >= 0.3 is 5.69 Å². The molecule has 0 radical (unpaired) electrons. The molecule has 58 heavy (non-hydrogen) atoms. The topological polar surface area (TPSA) is 174 Å². The van der Waals surface area contributed by atoms with Crippen molar-refractivity contribution in [2.75, 3.05) is 31.6 Å². The number of piperidine rings is 2. The van der Waals surface area contributed by atoms with E-state index in [9.17, 15) is 24.0 Å².